The van der Waals surface area contributed by atoms with Gasteiger partial charge in [-0.15, -0.1) is 0 Å². The number of halogens is 2. The van der Waals surface area contributed by atoms with Crippen molar-refractivity contribution in [2.45, 2.75) is 89.9 Å². The Hall–Kier alpha value is -0.463. The van der Waals surface area contributed by atoms with Gasteiger partial charge in [0.2, 0.25) is 0 Å². The third-order valence-corrected chi connectivity index (χ3v) is 13.4. The molecule has 30 heavy (non-hydrogen) atoms. The van der Waals surface area contributed by atoms with Gasteiger partial charge in [-0.3, -0.25) is 0 Å². The predicted molar refractivity (Wildman–Crippen MR) is 132 cm³/mol. The molecule has 0 aliphatic heterocycles. The van der Waals surface area contributed by atoms with E-state index in [4.69, 9.17) is 33.7 Å². The minimum absolute atomic E-state index is 0.324. The van der Waals surface area contributed by atoms with Crippen LogP contribution in [0, 0.1) is 11.8 Å². The molecular weight excluding hydrogens is 435 g/mol. The van der Waals surface area contributed by atoms with Gasteiger partial charge in [0.1, 0.15) is 13.8 Å². The molecule has 2 rings (SSSR count). The quantitative estimate of drug-likeness (QED) is 0.217. The Morgan fingerprint density at radius 1 is 1.13 bits per heavy atom. The lowest BCUT2D eigenvalue weighted by Gasteiger charge is -2.46. The average Bonchev–Trinajstić information content (AvgIpc) is 2.70. The van der Waals surface area contributed by atoms with Crippen LogP contribution in [-0.2, 0) is 0 Å². The summed E-state index contributed by atoms with van der Waals surface area (Å²) in [5.41, 5.74) is 5.23. The number of hydrogen-bond acceptors (Lipinski definition) is 4. The highest BCUT2D eigenvalue weighted by Crippen LogP contribution is 2.40. The Bertz CT molecular complexity index is 687. The molecule has 4 nitrogen and oxygen atoms in total. The van der Waals surface area contributed by atoms with Crippen molar-refractivity contribution in [3.05, 3.63) is 22.2 Å². The third kappa shape index (κ3) is 5.86. The Morgan fingerprint density at radius 3 is 2.17 bits per heavy atom. The summed E-state index contributed by atoms with van der Waals surface area (Å²) in [6.45, 7) is 13.6. The van der Waals surface area contributed by atoms with Gasteiger partial charge in [0.05, 0.1) is 22.3 Å². The first-order valence-electron chi connectivity index (χ1n) is 11.3. The number of nitrogens with two attached hydrogens (primary N) is 1. The highest BCUT2D eigenvalue weighted by molar-refractivity contribution is 6.81. The number of aliphatic hydroxyl groups is 1. The standard InChI is InChI=1S/C23H40Cl2N2O2Si/c1-15(2)17(4)30(5,6)23(28,14-27-16(3)18-10-8-7-9-11-18)29-19-12-20(24)22(26)21(25)13-19/h12-13,15-18,27-28H,7-11,14,26H2,1-6H3. The number of hydrogen-bond donors (Lipinski definition) is 3. The number of nitrogens with one attached hydrogen (secondary N) is 1. The van der Waals surface area contributed by atoms with E-state index in [1.807, 2.05) is 0 Å². The fourth-order valence-corrected chi connectivity index (χ4v) is 8.28. The zero-order chi connectivity index (χ0) is 22.7. The first kappa shape index (κ1) is 25.8. The minimum atomic E-state index is -2.32. The summed E-state index contributed by atoms with van der Waals surface area (Å²) in [6.07, 6.45) is 6.43. The van der Waals surface area contributed by atoms with Crippen LogP contribution in [-0.4, -0.2) is 31.2 Å². The molecule has 1 aromatic carbocycles. The maximum Gasteiger partial charge on any atom is 0.200 e. The zero-order valence-corrected chi connectivity index (χ0v) is 21.9. The number of nitrogen functional groups attached to an aromatic ring is 1. The third-order valence-electron chi connectivity index (χ3n) is 7.51. The van der Waals surface area contributed by atoms with Gasteiger partial charge in [0.25, 0.3) is 0 Å². The Morgan fingerprint density at radius 2 is 1.67 bits per heavy atom. The Kier molecular flexibility index (Phi) is 8.97. The van der Waals surface area contributed by atoms with E-state index in [0.717, 1.165) is 0 Å². The normalized spacial score (nSPS) is 20.1. The zero-order valence-electron chi connectivity index (χ0n) is 19.4. The molecule has 1 aliphatic carbocycles. The lowest BCUT2D eigenvalue weighted by atomic mass is 9.84. The van der Waals surface area contributed by atoms with Crippen LogP contribution in [0.2, 0.25) is 28.7 Å². The van der Waals surface area contributed by atoms with Crippen LogP contribution >= 0.6 is 23.2 Å². The topological polar surface area (TPSA) is 67.5 Å². The molecule has 4 N–H and O–H groups in total. The smallest absolute Gasteiger partial charge is 0.200 e. The first-order valence-corrected chi connectivity index (χ1v) is 15.1. The van der Waals surface area contributed by atoms with Gasteiger partial charge in [-0.25, -0.2) is 0 Å². The molecule has 1 aromatic rings. The van der Waals surface area contributed by atoms with E-state index in [2.05, 4.69) is 46.1 Å². The second-order valence-corrected chi connectivity index (χ2v) is 16.0. The molecule has 7 heteroatoms. The second kappa shape index (κ2) is 10.4. The second-order valence-electron chi connectivity index (χ2n) is 10.0. The molecule has 1 saturated carbocycles. The van der Waals surface area contributed by atoms with Crippen LogP contribution in [0.3, 0.4) is 0 Å². The van der Waals surface area contributed by atoms with Crippen LogP contribution in [0.4, 0.5) is 5.69 Å². The molecule has 0 heterocycles. The van der Waals surface area contributed by atoms with Crippen molar-refractivity contribution >= 4 is 37.0 Å². The highest BCUT2D eigenvalue weighted by Gasteiger charge is 2.52. The van der Waals surface area contributed by atoms with Gasteiger partial charge >= 0.3 is 0 Å². The van der Waals surface area contributed by atoms with Crippen molar-refractivity contribution in [2.75, 3.05) is 12.3 Å². The molecule has 0 spiro atoms. The number of ether oxygens (including phenoxy) is 1. The Labute approximate surface area is 193 Å². The van der Waals surface area contributed by atoms with E-state index in [-0.39, 0.29) is 0 Å². The van der Waals surface area contributed by atoms with Gasteiger partial charge < -0.3 is 20.9 Å². The molecule has 1 aliphatic rings. The van der Waals surface area contributed by atoms with Crippen molar-refractivity contribution in [1.82, 2.24) is 5.32 Å². The maximum absolute atomic E-state index is 12.0. The monoisotopic (exact) mass is 474 g/mol. The van der Waals surface area contributed by atoms with Crippen LogP contribution in [0.1, 0.15) is 59.8 Å². The number of rotatable bonds is 9. The highest BCUT2D eigenvalue weighted by atomic mass is 35.5. The fraction of sp³-hybridized carbons (Fsp3) is 0.739. The summed E-state index contributed by atoms with van der Waals surface area (Å²) >= 11 is 12.5. The van der Waals surface area contributed by atoms with Crippen molar-refractivity contribution in [3.8, 4) is 5.75 Å². The first-order chi connectivity index (χ1) is 13.9. The lowest BCUT2D eigenvalue weighted by molar-refractivity contribution is -0.0745. The lowest BCUT2D eigenvalue weighted by Crippen LogP contribution is -2.66. The van der Waals surface area contributed by atoms with E-state index in [1.165, 1.54) is 32.1 Å². The van der Waals surface area contributed by atoms with Crippen molar-refractivity contribution < 1.29 is 9.84 Å². The number of benzene rings is 1. The molecule has 0 bridgehead atoms. The van der Waals surface area contributed by atoms with Gasteiger partial charge in [-0.2, -0.15) is 0 Å². The average molecular weight is 476 g/mol. The molecule has 1 fully saturated rings. The Balaban J connectivity index is 2.29. The molecule has 0 amide bonds. The largest absolute Gasteiger partial charge is 0.465 e. The molecule has 0 saturated heterocycles. The predicted octanol–water partition coefficient (Wildman–Crippen LogP) is 6.50. The summed E-state index contributed by atoms with van der Waals surface area (Å²) in [6, 6.07) is 3.62. The van der Waals surface area contributed by atoms with Gasteiger partial charge in [0, 0.05) is 18.2 Å². The SMILES string of the molecule is CC(C)C(C)[Si](C)(C)C(O)(CNC(C)C1CCCCC1)Oc1cc(Cl)c(N)c(Cl)c1. The van der Waals surface area contributed by atoms with Crippen LogP contribution < -0.4 is 15.8 Å². The van der Waals surface area contributed by atoms with Gasteiger partial charge in [-0.05, 0) is 37.1 Å². The van der Waals surface area contributed by atoms with Crippen LogP contribution in [0.5, 0.6) is 5.75 Å². The molecule has 3 unspecified atom stereocenters. The summed E-state index contributed by atoms with van der Waals surface area (Å²) in [5, 5.41) is 16.3. The van der Waals surface area contributed by atoms with E-state index in [9.17, 15) is 5.11 Å². The molecule has 0 radical (unpaired) electrons. The van der Waals surface area contributed by atoms with E-state index < -0.39 is 13.5 Å². The fourth-order valence-electron chi connectivity index (χ4n) is 4.50. The summed E-state index contributed by atoms with van der Waals surface area (Å²) in [5.74, 6) is 1.54. The van der Waals surface area contributed by atoms with E-state index >= 15 is 0 Å². The van der Waals surface area contributed by atoms with Crippen LogP contribution in [0.25, 0.3) is 0 Å². The van der Waals surface area contributed by atoms with E-state index in [0.29, 0.717) is 51.4 Å². The van der Waals surface area contributed by atoms with E-state index in [1.54, 1.807) is 12.1 Å². The number of anilines is 1. The minimum Gasteiger partial charge on any atom is -0.465 e. The molecular formula is C23H40Cl2N2O2Si. The van der Waals surface area contributed by atoms with Crippen molar-refractivity contribution in [2.24, 2.45) is 11.8 Å². The molecule has 0 aromatic heterocycles. The van der Waals surface area contributed by atoms with Gasteiger partial charge in [-0.1, -0.05) is 76.3 Å². The maximum atomic E-state index is 12.0. The summed E-state index contributed by atoms with van der Waals surface area (Å²) in [4.78, 5) is 0. The molecule has 3 atom stereocenters. The van der Waals surface area contributed by atoms with Gasteiger partial charge in [0.15, 0.2) is 5.41 Å². The molecule has 172 valence electrons. The van der Waals surface area contributed by atoms with Crippen LogP contribution in [0.15, 0.2) is 12.1 Å². The van der Waals surface area contributed by atoms with Crippen molar-refractivity contribution in [1.29, 1.82) is 0 Å². The summed E-state index contributed by atoms with van der Waals surface area (Å²) < 4.78 is 6.32. The van der Waals surface area contributed by atoms with Crippen molar-refractivity contribution in [3.63, 3.8) is 0 Å². The summed E-state index contributed by atoms with van der Waals surface area (Å²) in [7, 11) is -2.32.